The fraction of sp³-hybridized carbons (Fsp3) is 0.593. The Labute approximate surface area is 593 Å². The molecule has 1 rings (SSSR count). The Morgan fingerprint density at radius 3 is 1.21 bits per heavy atom. The fourth-order valence-corrected chi connectivity index (χ4v) is 8.79. The van der Waals surface area contributed by atoms with Crippen LogP contribution in [0.4, 0.5) is 0 Å². The number of aliphatic hydroxyl groups excluding tert-OH is 7. The van der Waals surface area contributed by atoms with E-state index < -0.39 is 258 Å². The minimum atomic E-state index is -1.93. The van der Waals surface area contributed by atoms with Crippen molar-refractivity contribution in [1.29, 1.82) is 0 Å². The summed E-state index contributed by atoms with van der Waals surface area (Å²) in [5.74, 6) is -19.8. The zero-order valence-corrected chi connectivity index (χ0v) is 57.3. The molecule has 0 saturated heterocycles. The van der Waals surface area contributed by atoms with Crippen LogP contribution in [0.5, 0.6) is 0 Å². The van der Waals surface area contributed by atoms with Crippen LogP contribution in [0.25, 0.3) is 0 Å². The number of aliphatic carboxylic acids is 1. The summed E-state index contributed by atoms with van der Waals surface area (Å²) in [5, 5.41) is 111. The molecule has 0 aliphatic carbocycles. The number of aliphatic imine (C=N–C) groups is 1. The van der Waals surface area contributed by atoms with Crippen LogP contribution >= 0.6 is 0 Å². The van der Waals surface area contributed by atoms with Gasteiger partial charge in [-0.15, -0.1) is 0 Å². The molecular formula is C59H96N20O25. The minimum absolute atomic E-state index is 0.00173. The van der Waals surface area contributed by atoms with Crippen LogP contribution in [0.3, 0.4) is 0 Å². The molecule has 0 saturated carbocycles. The van der Waals surface area contributed by atoms with Gasteiger partial charge in [0.05, 0.1) is 71.9 Å². The third kappa shape index (κ3) is 34.7. The van der Waals surface area contributed by atoms with Crippen LogP contribution in [0.2, 0.25) is 0 Å². The largest absolute Gasteiger partial charge is 0.480 e. The maximum Gasteiger partial charge on any atom is 0.328 e. The first-order valence-corrected chi connectivity index (χ1v) is 32.1. The summed E-state index contributed by atoms with van der Waals surface area (Å²) in [5.41, 5.74) is 21.9. The van der Waals surface area contributed by atoms with Gasteiger partial charge in [-0.05, 0) is 51.0 Å². The van der Waals surface area contributed by atoms with Gasteiger partial charge in [0.25, 0.3) is 0 Å². The molecule has 0 aliphatic rings. The number of aliphatic hydroxyl groups is 7. The van der Waals surface area contributed by atoms with E-state index >= 15 is 0 Å². The van der Waals surface area contributed by atoms with E-state index in [2.05, 4.69) is 68.8 Å². The van der Waals surface area contributed by atoms with Crippen LogP contribution in [0.1, 0.15) is 65.4 Å². The van der Waals surface area contributed by atoms with Crippen LogP contribution in [0, 0.1) is 5.92 Å². The lowest BCUT2D eigenvalue weighted by atomic mass is 10.0. The highest BCUT2D eigenvalue weighted by molar-refractivity contribution is 6.00. The molecule has 1 aromatic rings. The predicted molar refractivity (Wildman–Crippen MR) is 357 cm³/mol. The standard InChI is InChI=1S/C59H96N20O25/c1-27(2)15-33(70-42(88)17-60)52(97)74-38(24-83)55(100)76-37(23-82)54(99)72-32(12-13-41(61)87)51(96)73-34(16-30-9-6-5-7-10-30)49(94)66-19-44(90)71-35(21-80)50(95)67-18-43(89)69-31(11-8-14-64-59(62)63)48(93)65-20-45(91)79-46(29(4)86)57(102)77-39(25-84)56(101)75-36(22-81)53(98)68-28(3)47(92)78-40(26-85)58(103)104/h5-7,9-10,27-29,31-40,46,80-86H,8,11-26,60H2,1-4H3,(H2,61,87)(H,65,93)(H,66,94)(H,67,95)(H,68,98)(H,69,89)(H,70,88)(H,71,90)(H,72,99)(H,73,96)(H,74,97)(H,75,101)(H,76,100)(H,77,102)(H,78,92)(H,79,91)(H,103,104)(H4,62,63,64)/t28-,29+,31-,32-,33-,34-,35-,36-,37-,38-,39-,40-,46-/m0/s1. The van der Waals surface area contributed by atoms with Gasteiger partial charge in [-0.1, -0.05) is 44.2 Å². The molecule has 0 aromatic heterocycles. The molecule has 0 bridgehead atoms. The topological polar surface area (TPSA) is 749 Å². The summed E-state index contributed by atoms with van der Waals surface area (Å²) in [4.78, 5) is 224. The number of carbonyl (C=O) groups is 17. The van der Waals surface area contributed by atoms with Gasteiger partial charge in [0.1, 0.15) is 72.5 Å². The molecule has 16 amide bonds. The molecule has 104 heavy (non-hydrogen) atoms. The number of amides is 16. The van der Waals surface area contributed by atoms with Gasteiger partial charge in [0.15, 0.2) is 5.96 Å². The van der Waals surface area contributed by atoms with Crippen molar-refractivity contribution in [3.05, 3.63) is 35.9 Å². The Balaban J connectivity index is 3.15. The van der Waals surface area contributed by atoms with E-state index in [0.29, 0.717) is 5.56 Å². The number of hydrogen-bond acceptors (Lipinski definition) is 26. The van der Waals surface area contributed by atoms with Crippen LogP contribution in [-0.2, 0) is 87.9 Å². The summed E-state index contributed by atoms with van der Waals surface area (Å²) in [7, 11) is 0. The van der Waals surface area contributed by atoms with Crippen LogP contribution < -0.4 is 103 Å². The number of carbonyl (C=O) groups excluding carboxylic acids is 16. The molecule has 0 spiro atoms. The Morgan fingerprint density at radius 1 is 0.413 bits per heavy atom. The van der Waals surface area contributed by atoms with Crippen LogP contribution in [-0.4, -0.2) is 298 Å². The lowest BCUT2D eigenvalue weighted by molar-refractivity contribution is -0.143. The number of nitrogens with zero attached hydrogens (tertiary/aromatic N) is 1. The molecule has 0 heterocycles. The Kier molecular flexibility index (Phi) is 42.2. The lowest BCUT2D eigenvalue weighted by Gasteiger charge is -2.26. The zero-order valence-electron chi connectivity index (χ0n) is 57.3. The number of guanidine groups is 1. The third-order valence-corrected chi connectivity index (χ3v) is 14.4. The van der Waals surface area contributed by atoms with Crippen molar-refractivity contribution in [2.45, 2.75) is 145 Å². The monoisotopic (exact) mass is 1480 g/mol. The van der Waals surface area contributed by atoms with Gasteiger partial charge in [-0.3, -0.25) is 81.7 Å². The van der Waals surface area contributed by atoms with Crippen molar-refractivity contribution in [3.8, 4) is 0 Å². The molecule has 0 fully saturated rings. The number of carboxylic acid groups (broad SMARTS) is 1. The second-order valence-corrected chi connectivity index (χ2v) is 23.4. The molecule has 45 heteroatoms. The van der Waals surface area contributed by atoms with Crippen molar-refractivity contribution < 1.29 is 122 Å². The molecule has 0 aliphatic heterocycles. The van der Waals surface area contributed by atoms with Gasteiger partial charge in [-0.2, -0.15) is 0 Å². The number of rotatable bonds is 49. The first-order valence-electron chi connectivity index (χ1n) is 32.1. The smallest absolute Gasteiger partial charge is 0.328 e. The summed E-state index contributed by atoms with van der Waals surface area (Å²) >= 11 is 0. The maximum absolute atomic E-state index is 14.0. The number of carboxylic acids is 1. The molecule has 45 nitrogen and oxygen atoms in total. The fourth-order valence-electron chi connectivity index (χ4n) is 8.79. The quantitative estimate of drug-likeness (QED) is 0.0164. The maximum atomic E-state index is 14.0. The molecule has 0 radical (unpaired) electrons. The van der Waals surface area contributed by atoms with E-state index in [9.17, 15) is 112 Å². The van der Waals surface area contributed by atoms with Gasteiger partial charge < -0.3 is 144 Å². The number of primary amides is 1. The van der Waals surface area contributed by atoms with Crippen molar-refractivity contribution in [3.63, 3.8) is 0 Å². The molecule has 31 N–H and O–H groups in total. The Bertz CT molecular complexity index is 3140. The van der Waals surface area contributed by atoms with Gasteiger partial charge >= 0.3 is 5.97 Å². The Morgan fingerprint density at radius 2 is 0.779 bits per heavy atom. The summed E-state index contributed by atoms with van der Waals surface area (Å²) in [6.45, 7) is -4.41. The van der Waals surface area contributed by atoms with Crippen molar-refractivity contribution >= 4 is 106 Å². The van der Waals surface area contributed by atoms with Crippen molar-refractivity contribution in [2.24, 2.45) is 33.8 Å². The second kappa shape index (κ2) is 48.1. The summed E-state index contributed by atoms with van der Waals surface area (Å²) < 4.78 is 0. The van der Waals surface area contributed by atoms with Gasteiger partial charge in [0.2, 0.25) is 94.5 Å². The molecule has 1 aromatic carbocycles. The van der Waals surface area contributed by atoms with Crippen molar-refractivity contribution in [2.75, 3.05) is 72.4 Å². The lowest BCUT2D eigenvalue weighted by Crippen LogP contribution is -2.61. The number of benzene rings is 1. The normalized spacial score (nSPS) is 14.6. The number of nitrogens with one attached hydrogen (secondary N) is 15. The zero-order chi connectivity index (χ0) is 78.9. The number of hydrogen-bond donors (Lipinski definition) is 27. The third-order valence-electron chi connectivity index (χ3n) is 14.4. The highest BCUT2D eigenvalue weighted by Crippen LogP contribution is 2.09. The van der Waals surface area contributed by atoms with E-state index in [4.69, 9.17) is 33.1 Å². The Hall–Kier alpha value is -10.8. The second-order valence-electron chi connectivity index (χ2n) is 23.4. The van der Waals surface area contributed by atoms with E-state index in [1.165, 1.54) is 0 Å². The first kappa shape index (κ1) is 91.2. The van der Waals surface area contributed by atoms with E-state index in [1.807, 2.05) is 16.0 Å². The predicted octanol–water partition coefficient (Wildman–Crippen LogP) is -15.8. The highest BCUT2D eigenvalue weighted by Gasteiger charge is 2.36. The van der Waals surface area contributed by atoms with Gasteiger partial charge in [0, 0.05) is 19.4 Å². The summed E-state index contributed by atoms with van der Waals surface area (Å²) in [6.07, 6.45) is -3.28. The molecule has 0 unspecified atom stereocenters. The SMILES string of the molecule is CC(C)C[C@H](NC(=O)CN)C(=O)N[C@@H](CO)C(=O)N[C@@H](CO)C(=O)N[C@@H](CCC(N)=O)C(=O)N[C@@H](Cc1ccccc1)C(=O)NCC(=O)N[C@@H](CO)C(=O)NCC(=O)N[C@@H](CCCN=C(N)N)C(=O)NCC(=O)N[C@H](C(=O)N[C@@H](CO)C(=O)N[C@@H](CO)C(=O)N[C@@H](C)C(=O)N[C@@H](CO)C(=O)O)[C@@H](C)O. The first-order chi connectivity index (χ1) is 49.0. The average Bonchev–Trinajstić information content (AvgIpc) is 0.874. The average molecular weight is 1490 g/mol. The van der Waals surface area contributed by atoms with Crippen LogP contribution in [0.15, 0.2) is 35.3 Å². The molecular weight excluding hydrogens is 1390 g/mol. The number of nitrogens with two attached hydrogens (primary N) is 4. The molecule has 13 atom stereocenters. The molecule has 582 valence electrons. The van der Waals surface area contributed by atoms with E-state index in [-0.39, 0.29) is 44.1 Å². The highest BCUT2D eigenvalue weighted by atomic mass is 16.4. The summed E-state index contributed by atoms with van der Waals surface area (Å²) in [6, 6.07) is -12.5. The van der Waals surface area contributed by atoms with E-state index in [1.54, 1.807) is 44.2 Å². The minimum Gasteiger partial charge on any atom is -0.480 e. The van der Waals surface area contributed by atoms with E-state index in [0.717, 1.165) is 13.8 Å². The van der Waals surface area contributed by atoms with Crippen molar-refractivity contribution in [1.82, 2.24) is 79.8 Å². The van der Waals surface area contributed by atoms with Gasteiger partial charge in [-0.25, -0.2) is 4.79 Å².